The maximum Gasteiger partial charge on any atom is 0.406 e. The van der Waals surface area contributed by atoms with E-state index in [1.165, 1.54) is 0 Å². The minimum atomic E-state index is -4.30. The van der Waals surface area contributed by atoms with Crippen LogP contribution in [0, 0.1) is 5.92 Å². The van der Waals surface area contributed by atoms with E-state index in [4.69, 9.17) is 5.73 Å². The van der Waals surface area contributed by atoms with Crippen LogP contribution in [0.4, 0.5) is 13.2 Å². The Morgan fingerprint density at radius 1 is 1.50 bits per heavy atom. The lowest BCUT2D eigenvalue weighted by Gasteiger charge is -2.31. The van der Waals surface area contributed by atoms with Gasteiger partial charge in [-0.2, -0.15) is 13.2 Å². The molecule has 0 spiro atoms. The van der Waals surface area contributed by atoms with Gasteiger partial charge in [-0.05, 0) is 18.9 Å². The summed E-state index contributed by atoms with van der Waals surface area (Å²) in [6, 6.07) is 0. The molecule has 0 aromatic carbocycles. The first kappa shape index (κ1) is 11.3. The summed E-state index contributed by atoms with van der Waals surface area (Å²) in [6.45, 7) is -0.602. The molecule has 0 saturated carbocycles. The zero-order chi connectivity index (χ0) is 10.8. The van der Waals surface area contributed by atoms with E-state index >= 15 is 0 Å². The zero-order valence-electron chi connectivity index (χ0n) is 7.68. The molecule has 1 aliphatic rings. The highest BCUT2D eigenvalue weighted by atomic mass is 19.4. The predicted octanol–water partition coefficient (Wildman–Crippen LogP) is 0.746. The largest absolute Gasteiger partial charge is 0.406 e. The monoisotopic (exact) mass is 210 g/mol. The molecule has 0 aromatic rings. The fourth-order valence-corrected chi connectivity index (χ4v) is 1.53. The summed E-state index contributed by atoms with van der Waals surface area (Å²) in [5, 5.41) is 0. The van der Waals surface area contributed by atoms with Crippen molar-refractivity contribution in [2.24, 2.45) is 11.7 Å². The van der Waals surface area contributed by atoms with Gasteiger partial charge in [0.05, 0.1) is 0 Å². The zero-order valence-corrected chi connectivity index (χ0v) is 7.68. The van der Waals surface area contributed by atoms with Crippen molar-refractivity contribution in [1.29, 1.82) is 0 Å². The van der Waals surface area contributed by atoms with Gasteiger partial charge in [0.2, 0.25) is 5.91 Å². The van der Waals surface area contributed by atoms with E-state index in [1.54, 1.807) is 0 Å². The van der Waals surface area contributed by atoms with E-state index in [9.17, 15) is 18.0 Å². The highest BCUT2D eigenvalue weighted by molar-refractivity contribution is 5.77. The van der Waals surface area contributed by atoms with Crippen molar-refractivity contribution in [3.05, 3.63) is 0 Å². The molecule has 0 bridgehead atoms. The second kappa shape index (κ2) is 4.16. The molecule has 1 heterocycles. The number of nitrogens with zero attached hydrogens (tertiary/aromatic N) is 1. The normalized spacial score (nSPS) is 24.1. The number of piperidine rings is 1. The van der Waals surface area contributed by atoms with Crippen molar-refractivity contribution in [3.63, 3.8) is 0 Å². The maximum absolute atomic E-state index is 12.0. The molecule has 1 amide bonds. The summed E-state index contributed by atoms with van der Waals surface area (Å²) in [5.41, 5.74) is 5.35. The summed E-state index contributed by atoms with van der Waals surface area (Å²) in [7, 11) is 0. The lowest BCUT2D eigenvalue weighted by atomic mass is 9.96. The van der Waals surface area contributed by atoms with Crippen LogP contribution >= 0.6 is 0 Å². The highest BCUT2D eigenvalue weighted by Gasteiger charge is 2.35. The fraction of sp³-hybridized carbons (Fsp3) is 0.875. The molecular weight excluding hydrogens is 197 g/mol. The molecule has 0 aliphatic carbocycles. The molecule has 1 unspecified atom stereocenters. The third-order valence-electron chi connectivity index (χ3n) is 2.33. The average molecular weight is 210 g/mol. The van der Waals surface area contributed by atoms with Gasteiger partial charge < -0.3 is 10.6 Å². The molecule has 0 aromatic heterocycles. The van der Waals surface area contributed by atoms with Gasteiger partial charge in [-0.1, -0.05) is 0 Å². The SMILES string of the molecule is NCC1CCN(CC(F)(F)F)C(=O)C1. The predicted molar refractivity (Wildman–Crippen MR) is 44.4 cm³/mol. The molecule has 82 valence electrons. The fourth-order valence-electron chi connectivity index (χ4n) is 1.53. The van der Waals surface area contributed by atoms with Crippen LogP contribution in [0.5, 0.6) is 0 Å². The Hall–Kier alpha value is -0.780. The minimum Gasteiger partial charge on any atom is -0.334 e. The van der Waals surface area contributed by atoms with Gasteiger partial charge in [0.25, 0.3) is 0 Å². The van der Waals surface area contributed by atoms with Crippen molar-refractivity contribution in [2.45, 2.75) is 19.0 Å². The summed E-state index contributed by atoms with van der Waals surface area (Å²) >= 11 is 0. The number of carbonyl (C=O) groups excluding carboxylic acids is 1. The number of alkyl halides is 3. The van der Waals surface area contributed by atoms with Gasteiger partial charge in [-0.15, -0.1) is 0 Å². The van der Waals surface area contributed by atoms with Gasteiger partial charge in [0.15, 0.2) is 0 Å². The van der Waals surface area contributed by atoms with Crippen LogP contribution in [-0.2, 0) is 4.79 Å². The molecule has 1 saturated heterocycles. The van der Waals surface area contributed by atoms with Crippen LogP contribution in [-0.4, -0.2) is 36.6 Å². The lowest BCUT2D eigenvalue weighted by Crippen LogP contribution is -2.45. The van der Waals surface area contributed by atoms with Gasteiger partial charge in [-0.25, -0.2) is 0 Å². The Bertz CT molecular complexity index is 217. The average Bonchev–Trinajstić information content (AvgIpc) is 2.06. The van der Waals surface area contributed by atoms with Crippen molar-refractivity contribution in [1.82, 2.24) is 4.90 Å². The van der Waals surface area contributed by atoms with E-state index in [2.05, 4.69) is 0 Å². The summed E-state index contributed by atoms with van der Waals surface area (Å²) in [4.78, 5) is 12.1. The Balaban J connectivity index is 2.46. The molecule has 1 fully saturated rings. The number of hydrogen-bond acceptors (Lipinski definition) is 2. The third kappa shape index (κ3) is 3.17. The quantitative estimate of drug-likeness (QED) is 0.730. The first-order chi connectivity index (χ1) is 6.42. The number of rotatable bonds is 2. The third-order valence-corrected chi connectivity index (χ3v) is 2.33. The molecule has 2 N–H and O–H groups in total. The summed E-state index contributed by atoms with van der Waals surface area (Å²) < 4.78 is 35.9. The maximum atomic E-state index is 12.0. The van der Waals surface area contributed by atoms with Crippen LogP contribution in [0.15, 0.2) is 0 Å². The minimum absolute atomic E-state index is 0.0481. The topological polar surface area (TPSA) is 46.3 Å². The Morgan fingerprint density at radius 2 is 2.14 bits per heavy atom. The van der Waals surface area contributed by atoms with Crippen molar-refractivity contribution in [3.8, 4) is 0 Å². The molecule has 14 heavy (non-hydrogen) atoms. The van der Waals surface area contributed by atoms with Crippen molar-refractivity contribution in [2.75, 3.05) is 19.6 Å². The second-order valence-electron chi connectivity index (χ2n) is 3.52. The molecule has 0 radical (unpaired) electrons. The Kier molecular flexibility index (Phi) is 3.36. The van der Waals surface area contributed by atoms with Crippen LogP contribution in [0.2, 0.25) is 0 Å². The van der Waals surface area contributed by atoms with Gasteiger partial charge in [0.1, 0.15) is 6.54 Å². The van der Waals surface area contributed by atoms with Gasteiger partial charge in [0, 0.05) is 13.0 Å². The highest BCUT2D eigenvalue weighted by Crippen LogP contribution is 2.22. The standard InChI is InChI=1S/C8H13F3N2O/c9-8(10,11)5-13-2-1-6(4-12)3-7(13)14/h6H,1-5,12H2. The number of nitrogens with two attached hydrogens (primary N) is 1. The van der Waals surface area contributed by atoms with Crippen LogP contribution in [0.1, 0.15) is 12.8 Å². The molecule has 6 heteroatoms. The number of hydrogen-bond donors (Lipinski definition) is 1. The lowest BCUT2D eigenvalue weighted by molar-refractivity contribution is -0.164. The van der Waals surface area contributed by atoms with Gasteiger partial charge >= 0.3 is 6.18 Å². The Morgan fingerprint density at radius 3 is 2.57 bits per heavy atom. The van der Waals surface area contributed by atoms with E-state index in [1.807, 2.05) is 0 Å². The molecule has 3 nitrogen and oxygen atoms in total. The number of amides is 1. The van der Waals surface area contributed by atoms with Crippen LogP contribution < -0.4 is 5.73 Å². The van der Waals surface area contributed by atoms with E-state index in [0.29, 0.717) is 13.0 Å². The van der Waals surface area contributed by atoms with E-state index < -0.39 is 18.6 Å². The first-order valence-electron chi connectivity index (χ1n) is 4.47. The molecular formula is C8H13F3N2O. The first-order valence-corrected chi connectivity index (χ1v) is 4.47. The molecule has 1 rings (SSSR count). The van der Waals surface area contributed by atoms with Gasteiger partial charge in [-0.3, -0.25) is 4.79 Å². The second-order valence-corrected chi connectivity index (χ2v) is 3.52. The number of likely N-dealkylation sites (tertiary alicyclic amines) is 1. The van der Waals surface area contributed by atoms with E-state index in [0.717, 1.165) is 4.90 Å². The molecule has 1 atom stereocenters. The summed E-state index contributed by atoms with van der Waals surface area (Å²) in [5.74, 6) is -0.393. The Labute approximate surface area is 80.0 Å². The smallest absolute Gasteiger partial charge is 0.334 e. The van der Waals surface area contributed by atoms with Crippen molar-refractivity contribution >= 4 is 5.91 Å². The number of carbonyl (C=O) groups is 1. The number of halogens is 3. The molecule has 1 aliphatic heterocycles. The van der Waals surface area contributed by atoms with E-state index in [-0.39, 0.29) is 18.9 Å². The summed E-state index contributed by atoms with van der Waals surface area (Å²) in [6.07, 6.45) is -3.59. The van der Waals surface area contributed by atoms with Crippen molar-refractivity contribution < 1.29 is 18.0 Å². The van der Waals surface area contributed by atoms with Crippen LogP contribution in [0.25, 0.3) is 0 Å². The van der Waals surface area contributed by atoms with Crippen LogP contribution in [0.3, 0.4) is 0 Å².